The van der Waals surface area contributed by atoms with Crippen LogP contribution in [0.1, 0.15) is 0 Å². The molecule has 1 unspecified atom stereocenters. The molecule has 0 saturated heterocycles. The minimum Gasteiger partial charge on any atom is -0.351 e. The van der Waals surface area contributed by atoms with Gasteiger partial charge in [0.25, 0.3) is 0 Å². The molecule has 0 aliphatic carbocycles. The predicted octanol–water partition coefficient (Wildman–Crippen LogP) is -0.168. The number of nitrogens with zero attached hydrogens (tertiary/aromatic N) is 1. The van der Waals surface area contributed by atoms with Gasteiger partial charge in [-0.1, -0.05) is 6.08 Å². The topological polar surface area (TPSA) is 115 Å². The van der Waals surface area contributed by atoms with Crippen LogP contribution in [-0.2, 0) is 9.36 Å². The number of nitrogens with one attached hydrogen (secondary N) is 2. The monoisotopic (exact) mass is 233 g/mol. The van der Waals surface area contributed by atoms with E-state index in [1.54, 1.807) is 18.7 Å². The third-order valence-electron chi connectivity index (χ3n) is 1.23. The Labute approximate surface area is 86.4 Å². The predicted molar refractivity (Wildman–Crippen MR) is 53.8 cm³/mol. The van der Waals surface area contributed by atoms with Gasteiger partial charge < -0.3 is 20.1 Å². The van der Waals surface area contributed by atoms with Crippen LogP contribution in [0.25, 0.3) is 0 Å². The molecule has 0 radical (unpaired) electrons. The standard InChI is InChI=1S/C4H8NO4P.C3H4N2/c1-2-4(5-3-6)10(7,8)9;1-2-5-3-4-1/h2-4H,1H2,(H,5,6)(H2,7,8,9);1-3H,(H,4,5). The van der Waals surface area contributed by atoms with E-state index in [1.807, 2.05) is 5.32 Å². The summed E-state index contributed by atoms with van der Waals surface area (Å²) in [5.41, 5.74) is 0. The zero-order valence-corrected chi connectivity index (χ0v) is 8.67. The van der Waals surface area contributed by atoms with Crippen molar-refractivity contribution in [2.75, 3.05) is 0 Å². The van der Waals surface area contributed by atoms with Gasteiger partial charge in [0.2, 0.25) is 6.41 Å². The fourth-order valence-electron chi connectivity index (χ4n) is 0.587. The molecule has 1 aromatic heterocycles. The molecule has 0 bridgehead atoms. The normalized spacial score (nSPS) is 11.9. The van der Waals surface area contributed by atoms with Crippen LogP contribution in [0.5, 0.6) is 0 Å². The molecular weight excluding hydrogens is 221 g/mol. The van der Waals surface area contributed by atoms with Gasteiger partial charge in [-0.2, -0.15) is 0 Å². The molecule has 84 valence electrons. The van der Waals surface area contributed by atoms with E-state index in [1.165, 1.54) is 0 Å². The lowest BCUT2D eigenvalue weighted by Gasteiger charge is -2.11. The lowest BCUT2D eigenvalue weighted by atomic mass is 10.6. The van der Waals surface area contributed by atoms with Crippen molar-refractivity contribution in [2.45, 2.75) is 5.78 Å². The van der Waals surface area contributed by atoms with Gasteiger partial charge in [-0.15, -0.1) is 6.58 Å². The lowest BCUT2D eigenvalue weighted by Crippen LogP contribution is -2.24. The largest absolute Gasteiger partial charge is 0.351 e. The number of rotatable bonds is 4. The highest BCUT2D eigenvalue weighted by Crippen LogP contribution is 2.39. The third kappa shape index (κ3) is 6.62. The van der Waals surface area contributed by atoms with E-state index in [4.69, 9.17) is 9.79 Å². The molecular formula is C7H12N3O4P. The minimum absolute atomic E-state index is 0.214. The van der Waals surface area contributed by atoms with Crippen molar-refractivity contribution in [1.82, 2.24) is 15.3 Å². The van der Waals surface area contributed by atoms with Gasteiger partial charge in [0, 0.05) is 12.4 Å². The van der Waals surface area contributed by atoms with Crippen LogP contribution in [0.2, 0.25) is 0 Å². The molecule has 0 spiro atoms. The van der Waals surface area contributed by atoms with Crippen LogP contribution >= 0.6 is 7.60 Å². The lowest BCUT2D eigenvalue weighted by molar-refractivity contribution is -0.109. The number of carbonyl (C=O) groups is 1. The molecule has 0 fully saturated rings. The Morgan fingerprint density at radius 2 is 2.27 bits per heavy atom. The van der Waals surface area contributed by atoms with Gasteiger partial charge in [0.05, 0.1) is 6.33 Å². The van der Waals surface area contributed by atoms with Crippen molar-refractivity contribution in [3.8, 4) is 0 Å². The summed E-state index contributed by atoms with van der Waals surface area (Å²) in [5.74, 6) is -1.27. The highest BCUT2D eigenvalue weighted by molar-refractivity contribution is 7.52. The van der Waals surface area contributed by atoms with Crippen LogP contribution in [0, 0.1) is 0 Å². The first-order valence-electron chi connectivity index (χ1n) is 3.82. The summed E-state index contributed by atoms with van der Waals surface area (Å²) in [6.07, 6.45) is 6.28. The molecule has 15 heavy (non-hydrogen) atoms. The van der Waals surface area contributed by atoms with E-state index in [9.17, 15) is 9.36 Å². The quantitative estimate of drug-likeness (QED) is 0.327. The zero-order valence-electron chi connectivity index (χ0n) is 7.78. The molecule has 1 amide bonds. The zero-order chi connectivity index (χ0) is 11.7. The van der Waals surface area contributed by atoms with Gasteiger partial charge in [-0.25, -0.2) is 4.98 Å². The van der Waals surface area contributed by atoms with E-state index in [0.29, 0.717) is 0 Å². The Hall–Kier alpha value is -1.43. The third-order valence-corrected chi connectivity index (χ3v) is 2.31. The van der Waals surface area contributed by atoms with Crippen LogP contribution in [0.4, 0.5) is 0 Å². The number of carbonyl (C=O) groups excluding carboxylic acids is 1. The molecule has 1 aromatic rings. The van der Waals surface area contributed by atoms with E-state index >= 15 is 0 Å². The Kier molecular flexibility index (Phi) is 6.28. The highest BCUT2D eigenvalue weighted by Gasteiger charge is 2.24. The number of imidazole rings is 1. The van der Waals surface area contributed by atoms with Crippen LogP contribution < -0.4 is 5.32 Å². The first-order valence-corrected chi connectivity index (χ1v) is 5.50. The number of amides is 1. The van der Waals surface area contributed by atoms with E-state index in [2.05, 4.69) is 16.5 Å². The molecule has 1 heterocycles. The maximum atomic E-state index is 10.4. The number of hydrogen-bond acceptors (Lipinski definition) is 3. The molecule has 0 saturated carbocycles. The minimum atomic E-state index is -4.25. The van der Waals surface area contributed by atoms with Crippen molar-refractivity contribution in [3.05, 3.63) is 31.4 Å². The van der Waals surface area contributed by atoms with Gasteiger partial charge >= 0.3 is 7.60 Å². The average molecular weight is 233 g/mol. The fraction of sp³-hybridized carbons (Fsp3) is 0.143. The van der Waals surface area contributed by atoms with E-state index in [0.717, 1.165) is 6.08 Å². The Morgan fingerprint density at radius 1 is 1.60 bits per heavy atom. The van der Waals surface area contributed by atoms with Crippen molar-refractivity contribution < 1.29 is 19.1 Å². The Bertz CT molecular complexity index is 304. The van der Waals surface area contributed by atoms with Crippen LogP contribution in [-0.4, -0.2) is 31.9 Å². The number of aromatic amines is 1. The molecule has 0 aromatic carbocycles. The summed E-state index contributed by atoms with van der Waals surface area (Å²) >= 11 is 0. The SMILES string of the molecule is C=CC(NC=O)P(=O)(O)O.c1c[nH]cn1. The molecule has 7 nitrogen and oxygen atoms in total. The summed E-state index contributed by atoms with van der Waals surface area (Å²) < 4.78 is 10.4. The Balaban J connectivity index is 0.000000322. The summed E-state index contributed by atoms with van der Waals surface area (Å²) in [7, 11) is -4.25. The number of aromatic nitrogens is 2. The smallest absolute Gasteiger partial charge is 0.351 e. The molecule has 1 rings (SSSR count). The summed E-state index contributed by atoms with van der Waals surface area (Å²) in [4.78, 5) is 33.0. The van der Waals surface area contributed by atoms with Crippen molar-refractivity contribution in [1.29, 1.82) is 0 Å². The molecule has 8 heteroatoms. The average Bonchev–Trinajstić information content (AvgIpc) is 2.69. The first-order chi connectivity index (χ1) is 7.02. The second-order valence-corrected chi connectivity index (χ2v) is 4.05. The molecule has 4 N–H and O–H groups in total. The van der Waals surface area contributed by atoms with Gasteiger partial charge in [0.15, 0.2) is 0 Å². The van der Waals surface area contributed by atoms with Crippen molar-refractivity contribution in [2.24, 2.45) is 0 Å². The van der Waals surface area contributed by atoms with Crippen LogP contribution in [0.15, 0.2) is 31.4 Å². The molecule has 0 aliphatic rings. The fourth-order valence-corrected chi connectivity index (χ4v) is 1.12. The van der Waals surface area contributed by atoms with E-state index in [-0.39, 0.29) is 6.41 Å². The highest BCUT2D eigenvalue weighted by atomic mass is 31.2. The van der Waals surface area contributed by atoms with Crippen molar-refractivity contribution in [3.63, 3.8) is 0 Å². The number of hydrogen-bond donors (Lipinski definition) is 4. The number of H-pyrrole nitrogens is 1. The second kappa shape index (κ2) is 6.94. The van der Waals surface area contributed by atoms with Gasteiger partial charge in [-0.3, -0.25) is 9.36 Å². The summed E-state index contributed by atoms with van der Waals surface area (Å²) in [5, 5.41) is 1.91. The maximum Gasteiger partial charge on any atom is 0.351 e. The van der Waals surface area contributed by atoms with Crippen LogP contribution in [0.3, 0.4) is 0 Å². The Morgan fingerprint density at radius 3 is 2.40 bits per heavy atom. The summed E-state index contributed by atoms with van der Waals surface area (Å²) in [6, 6.07) is 0. The second-order valence-electron chi connectivity index (χ2n) is 2.31. The molecule has 0 aliphatic heterocycles. The first kappa shape index (κ1) is 13.6. The van der Waals surface area contributed by atoms with Gasteiger partial charge in [0.1, 0.15) is 5.78 Å². The van der Waals surface area contributed by atoms with Crippen molar-refractivity contribution >= 4 is 14.0 Å². The van der Waals surface area contributed by atoms with E-state index < -0.39 is 13.4 Å². The maximum absolute atomic E-state index is 10.4. The summed E-state index contributed by atoms with van der Waals surface area (Å²) in [6.45, 7) is 3.13. The molecule has 1 atom stereocenters. The van der Waals surface area contributed by atoms with Gasteiger partial charge in [-0.05, 0) is 0 Å².